The molecule has 0 saturated heterocycles. The first kappa shape index (κ1) is 20.6. The van der Waals surface area contributed by atoms with Gasteiger partial charge in [-0.2, -0.15) is 0 Å². The molecule has 0 N–H and O–H groups in total. The second kappa shape index (κ2) is 8.50. The molecule has 150 valence electrons. The minimum absolute atomic E-state index is 0.000109. The summed E-state index contributed by atoms with van der Waals surface area (Å²) in [5.41, 5.74) is 0.470. The molecule has 0 amide bonds. The van der Waals surface area contributed by atoms with E-state index in [1.807, 2.05) is 6.92 Å². The van der Waals surface area contributed by atoms with Crippen LogP contribution in [0.25, 0.3) is 6.08 Å². The number of carbonyl (C=O) groups excluding carboxylic acids is 1. The molecule has 1 aliphatic heterocycles. The Balaban J connectivity index is 1.98. The Hall–Kier alpha value is -3.10. The molecule has 0 aliphatic carbocycles. The first-order valence-corrected chi connectivity index (χ1v) is 9.06. The van der Waals surface area contributed by atoms with Gasteiger partial charge in [-0.15, -0.1) is 0 Å². The van der Waals surface area contributed by atoms with Gasteiger partial charge >= 0.3 is 5.97 Å². The Morgan fingerprint density at radius 3 is 2.66 bits per heavy atom. The molecule has 2 aromatic carbocycles. The zero-order valence-corrected chi connectivity index (χ0v) is 16.8. The molecule has 8 nitrogen and oxygen atoms in total. The normalized spacial score (nSPS) is 14.6. The third-order valence-corrected chi connectivity index (χ3v) is 4.45. The summed E-state index contributed by atoms with van der Waals surface area (Å²) >= 11 is 12.0. The minimum atomic E-state index is -0.707. The highest BCUT2D eigenvalue weighted by atomic mass is 35.5. The van der Waals surface area contributed by atoms with Crippen molar-refractivity contribution in [1.29, 1.82) is 0 Å². The Labute approximate surface area is 175 Å². The monoisotopic (exact) mass is 436 g/mol. The second-order valence-corrected chi connectivity index (χ2v) is 6.54. The zero-order valence-electron chi connectivity index (χ0n) is 15.3. The van der Waals surface area contributed by atoms with E-state index in [1.54, 1.807) is 12.1 Å². The summed E-state index contributed by atoms with van der Waals surface area (Å²) in [5.74, 6) is 0.0205. The number of methoxy groups -OCH3 is 1. The summed E-state index contributed by atoms with van der Waals surface area (Å²) in [5, 5.41) is 11.3. The predicted molar refractivity (Wildman–Crippen MR) is 108 cm³/mol. The number of rotatable bonds is 6. The summed E-state index contributed by atoms with van der Waals surface area (Å²) in [6.07, 6.45) is 1.46. The fourth-order valence-corrected chi connectivity index (χ4v) is 3.04. The number of hydrogen-bond acceptors (Lipinski definition) is 7. The van der Waals surface area contributed by atoms with Crippen molar-refractivity contribution in [2.24, 2.45) is 4.99 Å². The van der Waals surface area contributed by atoms with E-state index in [-0.39, 0.29) is 27.9 Å². The van der Waals surface area contributed by atoms with E-state index in [4.69, 9.17) is 37.4 Å². The van der Waals surface area contributed by atoms with E-state index in [9.17, 15) is 14.9 Å². The lowest BCUT2D eigenvalue weighted by Crippen LogP contribution is -2.06. The standard InChI is InChI=1S/C19H14Cl2N2O6/c1-3-28-17-13(21)6-10(8-16(17)27-2)7-14-19(24)29-18(22-14)11-4-5-12(20)15(9-11)23(25)26/h4-9H,3H2,1-2H3/b14-7-. The lowest BCUT2D eigenvalue weighted by atomic mass is 10.1. The van der Waals surface area contributed by atoms with Gasteiger partial charge in [0, 0.05) is 11.6 Å². The fourth-order valence-electron chi connectivity index (χ4n) is 2.58. The Kier molecular flexibility index (Phi) is 6.05. The number of cyclic esters (lactones) is 1. The van der Waals surface area contributed by atoms with Gasteiger partial charge in [0.2, 0.25) is 5.90 Å². The number of carbonyl (C=O) groups is 1. The van der Waals surface area contributed by atoms with Crippen LogP contribution < -0.4 is 9.47 Å². The van der Waals surface area contributed by atoms with Crippen LogP contribution in [0.4, 0.5) is 5.69 Å². The number of nitro benzene ring substituents is 1. The number of halogens is 2. The maximum atomic E-state index is 12.2. The number of ether oxygens (including phenoxy) is 3. The Bertz CT molecular complexity index is 1060. The SMILES string of the molecule is CCOc1c(Cl)cc(/C=C2\N=C(c3ccc(Cl)c([N+](=O)[O-])c3)OC2=O)cc1OC. The largest absolute Gasteiger partial charge is 0.493 e. The number of nitrogens with zero attached hydrogens (tertiary/aromatic N) is 2. The van der Waals surface area contributed by atoms with Crippen molar-refractivity contribution in [3.05, 3.63) is 67.3 Å². The number of nitro groups is 1. The molecule has 1 heterocycles. The van der Waals surface area contributed by atoms with Gasteiger partial charge in [0.15, 0.2) is 17.2 Å². The molecule has 0 fully saturated rings. The summed E-state index contributed by atoms with van der Waals surface area (Å²) in [6, 6.07) is 7.23. The van der Waals surface area contributed by atoms with Crippen LogP contribution in [0.2, 0.25) is 10.0 Å². The highest BCUT2D eigenvalue weighted by Crippen LogP contribution is 2.37. The number of benzene rings is 2. The van der Waals surface area contributed by atoms with E-state index in [0.717, 1.165) is 0 Å². The molecule has 29 heavy (non-hydrogen) atoms. The van der Waals surface area contributed by atoms with Gasteiger partial charge in [0.25, 0.3) is 5.69 Å². The molecule has 0 radical (unpaired) electrons. The lowest BCUT2D eigenvalue weighted by Gasteiger charge is -2.11. The number of hydrogen-bond donors (Lipinski definition) is 0. The average Bonchev–Trinajstić information content (AvgIpc) is 3.04. The third-order valence-electron chi connectivity index (χ3n) is 3.85. The van der Waals surface area contributed by atoms with Crippen molar-refractivity contribution in [3.63, 3.8) is 0 Å². The summed E-state index contributed by atoms with van der Waals surface area (Å²) in [7, 11) is 1.47. The van der Waals surface area contributed by atoms with Crippen LogP contribution in [-0.2, 0) is 9.53 Å². The van der Waals surface area contributed by atoms with Gasteiger partial charge in [0.1, 0.15) is 5.02 Å². The molecule has 1 aliphatic rings. The highest BCUT2D eigenvalue weighted by molar-refractivity contribution is 6.33. The van der Waals surface area contributed by atoms with E-state index in [0.29, 0.717) is 28.7 Å². The second-order valence-electron chi connectivity index (χ2n) is 5.73. The van der Waals surface area contributed by atoms with Crippen LogP contribution >= 0.6 is 23.2 Å². The zero-order chi connectivity index (χ0) is 21.1. The molecule has 0 saturated carbocycles. The van der Waals surface area contributed by atoms with Crippen molar-refractivity contribution < 1.29 is 23.9 Å². The fraction of sp³-hybridized carbons (Fsp3) is 0.158. The number of esters is 1. The van der Waals surface area contributed by atoms with Crippen molar-refractivity contribution >= 4 is 46.8 Å². The van der Waals surface area contributed by atoms with Gasteiger partial charge in [0.05, 0.1) is 23.7 Å². The van der Waals surface area contributed by atoms with Gasteiger partial charge < -0.3 is 14.2 Å². The molecule has 0 unspecified atom stereocenters. The van der Waals surface area contributed by atoms with Gasteiger partial charge in [-0.1, -0.05) is 23.2 Å². The Morgan fingerprint density at radius 2 is 2.00 bits per heavy atom. The van der Waals surface area contributed by atoms with Crippen LogP contribution in [0, 0.1) is 10.1 Å². The molecule has 3 rings (SSSR count). The van der Waals surface area contributed by atoms with E-state index < -0.39 is 10.9 Å². The maximum Gasteiger partial charge on any atom is 0.363 e. The molecule has 0 bridgehead atoms. The average molecular weight is 437 g/mol. The van der Waals surface area contributed by atoms with E-state index in [2.05, 4.69) is 4.99 Å². The van der Waals surface area contributed by atoms with Crippen molar-refractivity contribution in [3.8, 4) is 11.5 Å². The Morgan fingerprint density at radius 1 is 1.24 bits per heavy atom. The highest BCUT2D eigenvalue weighted by Gasteiger charge is 2.26. The van der Waals surface area contributed by atoms with Gasteiger partial charge in [-0.05, 0) is 42.8 Å². The topological polar surface area (TPSA) is 100 Å². The van der Waals surface area contributed by atoms with E-state index >= 15 is 0 Å². The molecule has 10 heteroatoms. The third kappa shape index (κ3) is 4.33. The molecule has 2 aromatic rings. The van der Waals surface area contributed by atoms with Gasteiger partial charge in [-0.3, -0.25) is 10.1 Å². The molecule has 0 aromatic heterocycles. The molecular formula is C19H14Cl2N2O6. The predicted octanol–water partition coefficient (Wildman–Crippen LogP) is 4.65. The van der Waals surface area contributed by atoms with E-state index in [1.165, 1.54) is 31.4 Å². The minimum Gasteiger partial charge on any atom is -0.493 e. The van der Waals surface area contributed by atoms with Crippen LogP contribution in [0.1, 0.15) is 18.1 Å². The van der Waals surface area contributed by atoms with Crippen LogP contribution in [-0.4, -0.2) is 30.5 Å². The summed E-state index contributed by atoms with van der Waals surface area (Å²) in [4.78, 5) is 26.8. The van der Waals surface area contributed by atoms with Crippen molar-refractivity contribution in [1.82, 2.24) is 0 Å². The maximum absolute atomic E-state index is 12.2. The summed E-state index contributed by atoms with van der Waals surface area (Å²) < 4.78 is 15.9. The summed E-state index contributed by atoms with van der Waals surface area (Å²) in [6.45, 7) is 2.22. The van der Waals surface area contributed by atoms with Crippen molar-refractivity contribution in [2.75, 3.05) is 13.7 Å². The molecule has 0 atom stereocenters. The number of aliphatic imine (C=N–C) groups is 1. The lowest BCUT2D eigenvalue weighted by molar-refractivity contribution is -0.384. The first-order valence-electron chi connectivity index (χ1n) is 8.31. The smallest absolute Gasteiger partial charge is 0.363 e. The molecule has 0 spiro atoms. The van der Waals surface area contributed by atoms with Crippen molar-refractivity contribution in [2.45, 2.75) is 6.92 Å². The van der Waals surface area contributed by atoms with Crippen LogP contribution in [0.5, 0.6) is 11.5 Å². The van der Waals surface area contributed by atoms with Crippen LogP contribution in [0.15, 0.2) is 41.0 Å². The molecular weight excluding hydrogens is 423 g/mol. The van der Waals surface area contributed by atoms with Crippen LogP contribution in [0.3, 0.4) is 0 Å². The quantitative estimate of drug-likeness (QED) is 0.282. The first-order chi connectivity index (χ1) is 13.8. The van der Waals surface area contributed by atoms with Gasteiger partial charge in [-0.25, -0.2) is 9.79 Å².